The Hall–Kier alpha value is -2.92. The number of nitrogens with zero attached hydrogens (tertiary/aromatic N) is 3. The first-order valence-electron chi connectivity index (χ1n) is 11.5. The number of sulfonamides is 1. The summed E-state index contributed by atoms with van der Waals surface area (Å²) in [4.78, 5) is 0. The summed E-state index contributed by atoms with van der Waals surface area (Å²) in [6, 6.07) is 16.2. The Morgan fingerprint density at radius 3 is 1.91 bits per heavy atom. The average Bonchev–Trinajstić information content (AvgIpc) is 3.60. The van der Waals surface area contributed by atoms with Crippen molar-refractivity contribution in [3.05, 3.63) is 71.4 Å². The molecule has 2 heterocycles. The minimum atomic E-state index is -3.99. The molecule has 1 aliphatic heterocycles. The summed E-state index contributed by atoms with van der Waals surface area (Å²) in [5.41, 5.74) is 0.922. The standard InChI is InChI=1S/C25H29N3O6S/c1-32-21-9-3-18(4-10-21)14-27(15-19-5-11-22(33-2)12-6-19)35(30,31)24-13-23(25(29)16-34-17-25)28(26-24)20-7-8-20/h3-6,9-13,20,29H,7-8,14-17H2,1-2H3. The quantitative estimate of drug-likeness (QED) is 0.458. The number of methoxy groups -OCH3 is 2. The van der Waals surface area contributed by atoms with Crippen molar-refractivity contribution in [3.63, 3.8) is 0 Å². The third-order valence-corrected chi connectivity index (χ3v) is 8.07. The molecule has 1 aliphatic carbocycles. The van der Waals surface area contributed by atoms with Gasteiger partial charge in [-0.15, -0.1) is 0 Å². The van der Waals surface area contributed by atoms with E-state index in [1.165, 1.54) is 10.4 Å². The SMILES string of the molecule is COc1ccc(CN(Cc2ccc(OC)cc2)S(=O)(=O)c2cc(C3(O)COC3)n(C3CC3)n2)cc1. The molecular weight excluding hydrogens is 470 g/mol. The third kappa shape index (κ3) is 4.79. The number of ether oxygens (including phenoxy) is 3. The highest BCUT2D eigenvalue weighted by molar-refractivity contribution is 7.89. The number of hydrogen-bond acceptors (Lipinski definition) is 7. The fourth-order valence-corrected chi connectivity index (χ4v) is 5.47. The first kappa shape index (κ1) is 23.8. The zero-order valence-corrected chi connectivity index (χ0v) is 20.6. The summed E-state index contributed by atoms with van der Waals surface area (Å²) >= 11 is 0. The van der Waals surface area contributed by atoms with Gasteiger partial charge < -0.3 is 19.3 Å². The lowest BCUT2D eigenvalue weighted by Gasteiger charge is -2.36. The topological polar surface area (TPSA) is 103 Å². The minimum absolute atomic E-state index is 0.0678. The highest BCUT2D eigenvalue weighted by Crippen LogP contribution is 2.41. The van der Waals surface area contributed by atoms with Crippen molar-refractivity contribution in [2.24, 2.45) is 0 Å². The van der Waals surface area contributed by atoms with Gasteiger partial charge in [0.2, 0.25) is 0 Å². The molecule has 186 valence electrons. The van der Waals surface area contributed by atoms with E-state index in [0.717, 1.165) is 24.0 Å². The maximum absolute atomic E-state index is 13.9. The van der Waals surface area contributed by atoms with E-state index >= 15 is 0 Å². The first-order valence-corrected chi connectivity index (χ1v) is 12.9. The van der Waals surface area contributed by atoms with Crippen LogP contribution in [0, 0.1) is 0 Å². The summed E-state index contributed by atoms with van der Waals surface area (Å²) < 4.78 is 46.6. The Balaban J connectivity index is 1.50. The van der Waals surface area contributed by atoms with E-state index in [4.69, 9.17) is 14.2 Å². The smallest absolute Gasteiger partial charge is 0.263 e. The summed E-state index contributed by atoms with van der Waals surface area (Å²) in [5, 5.41) is 15.3. The minimum Gasteiger partial charge on any atom is -0.497 e. The molecule has 3 aromatic rings. The van der Waals surface area contributed by atoms with Crippen LogP contribution in [0.1, 0.15) is 35.7 Å². The Kier molecular flexibility index (Phi) is 6.30. The molecule has 1 N–H and O–H groups in total. The summed E-state index contributed by atoms with van der Waals surface area (Å²) in [6.45, 7) is 0.563. The molecule has 0 amide bonds. The number of benzene rings is 2. The Bertz CT molecular complexity index is 1230. The van der Waals surface area contributed by atoms with Crippen LogP contribution in [-0.4, -0.2) is 55.0 Å². The van der Waals surface area contributed by atoms with Crippen molar-refractivity contribution >= 4 is 10.0 Å². The molecule has 1 saturated carbocycles. The molecule has 2 aromatic carbocycles. The van der Waals surface area contributed by atoms with E-state index in [1.54, 1.807) is 43.2 Å². The van der Waals surface area contributed by atoms with Gasteiger partial charge in [-0.2, -0.15) is 9.40 Å². The second-order valence-corrected chi connectivity index (χ2v) is 10.9. The van der Waals surface area contributed by atoms with Gasteiger partial charge in [-0.25, -0.2) is 8.42 Å². The summed E-state index contributed by atoms with van der Waals surface area (Å²) in [6.07, 6.45) is 1.82. The Labute approximate surface area is 204 Å². The van der Waals surface area contributed by atoms with Crippen LogP contribution < -0.4 is 9.47 Å². The molecule has 5 rings (SSSR count). The highest BCUT2D eigenvalue weighted by Gasteiger charge is 2.45. The van der Waals surface area contributed by atoms with Gasteiger partial charge in [-0.05, 0) is 48.2 Å². The third-order valence-electron chi connectivity index (χ3n) is 6.40. The zero-order valence-electron chi connectivity index (χ0n) is 19.8. The van der Waals surface area contributed by atoms with Gasteiger partial charge in [-0.1, -0.05) is 24.3 Å². The van der Waals surface area contributed by atoms with E-state index in [2.05, 4.69) is 5.10 Å². The maximum atomic E-state index is 13.9. The van der Waals surface area contributed by atoms with Crippen LogP contribution in [0.2, 0.25) is 0 Å². The van der Waals surface area contributed by atoms with Gasteiger partial charge in [0, 0.05) is 19.2 Å². The molecule has 9 nitrogen and oxygen atoms in total. The van der Waals surface area contributed by atoms with Crippen LogP contribution in [0.3, 0.4) is 0 Å². The van der Waals surface area contributed by atoms with Crippen molar-refractivity contribution < 1.29 is 27.7 Å². The van der Waals surface area contributed by atoms with Gasteiger partial charge in [0.1, 0.15) is 11.5 Å². The molecule has 0 bridgehead atoms. The van der Waals surface area contributed by atoms with Crippen LogP contribution >= 0.6 is 0 Å². The second-order valence-electron chi connectivity index (χ2n) is 9.04. The molecule has 0 radical (unpaired) electrons. The molecule has 10 heteroatoms. The normalized spacial score (nSPS) is 17.3. The molecule has 0 spiro atoms. The lowest BCUT2D eigenvalue weighted by Crippen LogP contribution is -2.48. The van der Waals surface area contributed by atoms with Crippen LogP contribution in [0.5, 0.6) is 11.5 Å². The number of aliphatic hydroxyl groups is 1. The van der Waals surface area contributed by atoms with Crippen LogP contribution in [0.25, 0.3) is 0 Å². The largest absolute Gasteiger partial charge is 0.497 e. The van der Waals surface area contributed by atoms with E-state index in [9.17, 15) is 13.5 Å². The molecular formula is C25H29N3O6S. The van der Waals surface area contributed by atoms with Crippen molar-refractivity contribution in [1.82, 2.24) is 14.1 Å². The number of rotatable bonds is 10. The lowest BCUT2D eigenvalue weighted by molar-refractivity contribution is -0.188. The van der Waals surface area contributed by atoms with Crippen LogP contribution in [0.15, 0.2) is 59.6 Å². The molecule has 0 atom stereocenters. The van der Waals surface area contributed by atoms with Crippen molar-refractivity contribution in [2.75, 3.05) is 27.4 Å². The summed E-state index contributed by atoms with van der Waals surface area (Å²) in [5.74, 6) is 1.39. The van der Waals surface area contributed by atoms with Gasteiger partial charge in [0.15, 0.2) is 10.6 Å². The summed E-state index contributed by atoms with van der Waals surface area (Å²) in [7, 11) is -0.818. The molecule has 2 aliphatic rings. The predicted octanol–water partition coefficient (Wildman–Crippen LogP) is 2.84. The molecule has 1 aromatic heterocycles. The highest BCUT2D eigenvalue weighted by atomic mass is 32.2. The van der Waals surface area contributed by atoms with Gasteiger partial charge in [-0.3, -0.25) is 4.68 Å². The predicted molar refractivity (Wildman–Crippen MR) is 128 cm³/mol. The van der Waals surface area contributed by atoms with E-state index in [0.29, 0.717) is 17.2 Å². The van der Waals surface area contributed by atoms with Crippen molar-refractivity contribution in [3.8, 4) is 11.5 Å². The lowest BCUT2D eigenvalue weighted by atomic mass is 9.98. The maximum Gasteiger partial charge on any atom is 0.263 e. The van der Waals surface area contributed by atoms with Crippen molar-refractivity contribution in [2.45, 2.75) is 42.6 Å². The van der Waals surface area contributed by atoms with E-state index in [1.807, 2.05) is 24.3 Å². The van der Waals surface area contributed by atoms with Crippen LogP contribution in [-0.2, 0) is 33.5 Å². The first-order chi connectivity index (χ1) is 16.8. The van der Waals surface area contributed by atoms with E-state index in [-0.39, 0.29) is 37.4 Å². The average molecular weight is 500 g/mol. The monoisotopic (exact) mass is 499 g/mol. The van der Waals surface area contributed by atoms with Gasteiger partial charge in [0.05, 0.1) is 39.2 Å². The molecule has 1 saturated heterocycles. The molecule has 0 unspecified atom stereocenters. The number of hydrogen-bond donors (Lipinski definition) is 1. The Morgan fingerprint density at radius 1 is 1.00 bits per heavy atom. The van der Waals surface area contributed by atoms with E-state index < -0.39 is 15.6 Å². The fraction of sp³-hybridized carbons (Fsp3) is 0.400. The number of aromatic nitrogens is 2. The van der Waals surface area contributed by atoms with Crippen LogP contribution in [0.4, 0.5) is 0 Å². The zero-order chi connectivity index (χ0) is 24.6. The molecule has 35 heavy (non-hydrogen) atoms. The Morgan fingerprint density at radius 2 is 1.51 bits per heavy atom. The van der Waals surface area contributed by atoms with Crippen molar-refractivity contribution in [1.29, 1.82) is 0 Å². The molecule has 2 fully saturated rings. The van der Waals surface area contributed by atoms with Gasteiger partial charge in [0.25, 0.3) is 10.0 Å². The second kappa shape index (κ2) is 9.27. The fourth-order valence-electron chi connectivity index (χ4n) is 4.11. The van der Waals surface area contributed by atoms with Gasteiger partial charge >= 0.3 is 0 Å².